The molecular weight excluding hydrogens is 322 g/mol. The fourth-order valence-electron chi connectivity index (χ4n) is 2.88. The van der Waals surface area contributed by atoms with Crippen molar-refractivity contribution in [3.05, 3.63) is 40.9 Å². The number of amides is 1. The summed E-state index contributed by atoms with van der Waals surface area (Å²) in [4.78, 5) is 18.3. The second kappa shape index (κ2) is 7.01. The summed E-state index contributed by atoms with van der Waals surface area (Å²) >= 11 is 1.62. The van der Waals surface area contributed by atoms with Crippen LogP contribution in [-0.4, -0.2) is 29.6 Å². The number of carbonyl (C=O) groups excluding carboxylic acids is 1. The monoisotopic (exact) mass is 345 g/mol. The summed E-state index contributed by atoms with van der Waals surface area (Å²) in [6.07, 6.45) is 1.12. The van der Waals surface area contributed by atoms with Gasteiger partial charge in [-0.3, -0.25) is 4.79 Å². The Hall–Kier alpha value is -1.76. The number of thiazole rings is 1. The highest BCUT2D eigenvalue weighted by Gasteiger charge is 2.36. The fraction of sp³-hybridized carbons (Fsp3) is 0.444. The minimum Gasteiger partial charge on any atom is -0.381 e. The van der Waals surface area contributed by atoms with Crippen LogP contribution in [0.15, 0.2) is 30.3 Å². The number of rotatable bonds is 4. The van der Waals surface area contributed by atoms with Gasteiger partial charge in [0.1, 0.15) is 5.01 Å². The average molecular weight is 345 g/mol. The maximum atomic E-state index is 12.6. The third-order valence-corrected chi connectivity index (χ3v) is 5.82. The number of carbonyl (C=O) groups is 1. The van der Waals surface area contributed by atoms with E-state index in [1.54, 1.807) is 11.3 Å². The molecule has 1 aromatic carbocycles. The number of aryl methyl sites for hydroxylation is 1. The van der Waals surface area contributed by atoms with Crippen LogP contribution in [0.2, 0.25) is 0 Å². The van der Waals surface area contributed by atoms with E-state index in [0.29, 0.717) is 26.1 Å². The first-order valence-corrected chi connectivity index (χ1v) is 9.01. The van der Waals surface area contributed by atoms with E-state index < -0.39 is 5.54 Å². The van der Waals surface area contributed by atoms with E-state index in [4.69, 9.17) is 10.5 Å². The molecule has 24 heavy (non-hydrogen) atoms. The summed E-state index contributed by atoms with van der Waals surface area (Å²) < 4.78 is 5.31. The summed E-state index contributed by atoms with van der Waals surface area (Å²) in [6, 6.07) is 9.96. The highest BCUT2D eigenvalue weighted by molar-refractivity contribution is 7.15. The van der Waals surface area contributed by atoms with Gasteiger partial charge < -0.3 is 15.8 Å². The van der Waals surface area contributed by atoms with Crippen LogP contribution in [0.1, 0.15) is 36.4 Å². The van der Waals surface area contributed by atoms with Crippen LogP contribution in [0.4, 0.5) is 0 Å². The number of benzene rings is 1. The number of nitrogens with zero attached hydrogens (tertiary/aromatic N) is 1. The third-order valence-electron chi connectivity index (χ3n) is 4.43. The lowest BCUT2D eigenvalue weighted by molar-refractivity contribution is -0.130. The maximum Gasteiger partial charge on any atom is 0.240 e. The molecule has 0 aliphatic carbocycles. The molecule has 1 aliphatic rings. The van der Waals surface area contributed by atoms with E-state index >= 15 is 0 Å². The molecule has 128 valence electrons. The Morgan fingerprint density at radius 2 is 2.00 bits per heavy atom. The van der Waals surface area contributed by atoms with Crippen LogP contribution in [0.3, 0.4) is 0 Å². The van der Waals surface area contributed by atoms with Crippen molar-refractivity contribution in [2.24, 2.45) is 5.73 Å². The van der Waals surface area contributed by atoms with E-state index in [-0.39, 0.29) is 11.9 Å². The number of ether oxygens (including phenoxy) is 1. The standard InChI is InChI=1S/C18H23N3O2S/c1-12-15(24-16(20-12)14-6-4-3-5-7-14)13(2)21-17(22)18(19)8-10-23-11-9-18/h3-7,13H,8-11,19H2,1-2H3,(H,21,22). The van der Waals surface area contributed by atoms with Gasteiger partial charge in [-0.25, -0.2) is 4.98 Å². The maximum absolute atomic E-state index is 12.6. The minimum absolute atomic E-state index is 0.104. The molecule has 1 saturated heterocycles. The largest absolute Gasteiger partial charge is 0.381 e. The van der Waals surface area contributed by atoms with Gasteiger partial charge in [-0.15, -0.1) is 11.3 Å². The fourth-order valence-corrected chi connectivity index (χ4v) is 3.96. The summed E-state index contributed by atoms with van der Waals surface area (Å²) in [5, 5.41) is 4.03. The van der Waals surface area contributed by atoms with Crippen molar-refractivity contribution >= 4 is 17.2 Å². The van der Waals surface area contributed by atoms with E-state index in [2.05, 4.69) is 10.3 Å². The Kier molecular flexibility index (Phi) is 4.99. The van der Waals surface area contributed by atoms with Crippen LogP contribution in [-0.2, 0) is 9.53 Å². The Balaban J connectivity index is 1.74. The SMILES string of the molecule is Cc1nc(-c2ccccc2)sc1C(C)NC(=O)C1(N)CCOCC1. The Bertz CT molecular complexity index is 708. The van der Waals surface area contributed by atoms with Crippen molar-refractivity contribution in [1.29, 1.82) is 0 Å². The van der Waals surface area contributed by atoms with Gasteiger partial charge in [0.2, 0.25) is 5.91 Å². The molecule has 2 aromatic rings. The minimum atomic E-state index is -0.826. The zero-order chi connectivity index (χ0) is 17.2. The van der Waals surface area contributed by atoms with E-state index in [1.165, 1.54) is 0 Å². The van der Waals surface area contributed by atoms with Crippen LogP contribution < -0.4 is 11.1 Å². The second-order valence-electron chi connectivity index (χ2n) is 6.30. The Morgan fingerprint density at radius 1 is 1.33 bits per heavy atom. The number of aromatic nitrogens is 1. The van der Waals surface area contributed by atoms with E-state index in [1.807, 2.05) is 44.2 Å². The zero-order valence-corrected chi connectivity index (χ0v) is 14.9. The number of nitrogens with two attached hydrogens (primary N) is 1. The second-order valence-corrected chi connectivity index (χ2v) is 7.33. The number of hydrogen-bond donors (Lipinski definition) is 2. The van der Waals surface area contributed by atoms with Crippen LogP contribution in [0.5, 0.6) is 0 Å². The van der Waals surface area contributed by atoms with Crippen molar-refractivity contribution in [2.75, 3.05) is 13.2 Å². The molecule has 1 fully saturated rings. The van der Waals surface area contributed by atoms with Gasteiger partial charge in [-0.2, -0.15) is 0 Å². The predicted octanol–water partition coefficient (Wildman–Crippen LogP) is 2.80. The summed E-state index contributed by atoms with van der Waals surface area (Å²) in [5.74, 6) is -0.104. The smallest absolute Gasteiger partial charge is 0.240 e. The van der Waals surface area contributed by atoms with Gasteiger partial charge in [0.05, 0.1) is 22.2 Å². The first-order chi connectivity index (χ1) is 11.5. The van der Waals surface area contributed by atoms with Crippen molar-refractivity contribution in [3.63, 3.8) is 0 Å². The molecule has 3 rings (SSSR count). The molecule has 1 aromatic heterocycles. The number of nitrogens with one attached hydrogen (secondary N) is 1. The number of hydrogen-bond acceptors (Lipinski definition) is 5. The highest BCUT2D eigenvalue weighted by Crippen LogP contribution is 2.32. The van der Waals surface area contributed by atoms with Gasteiger partial charge >= 0.3 is 0 Å². The van der Waals surface area contributed by atoms with E-state index in [9.17, 15) is 4.79 Å². The molecule has 3 N–H and O–H groups in total. The lowest BCUT2D eigenvalue weighted by atomic mass is 9.90. The zero-order valence-electron chi connectivity index (χ0n) is 14.0. The van der Waals surface area contributed by atoms with Gasteiger partial charge in [-0.1, -0.05) is 30.3 Å². The summed E-state index contributed by atoms with van der Waals surface area (Å²) in [7, 11) is 0. The van der Waals surface area contributed by atoms with E-state index in [0.717, 1.165) is 21.1 Å². The topological polar surface area (TPSA) is 77.2 Å². The van der Waals surface area contributed by atoms with Gasteiger partial charge in [0.15, 0.2) is 0 Å². The lowest BCUT2D eigenvalue weighted by Crippen LogP contribution is -2.57. The molecule has 5 nitrogen and oxygen atoms in total. The normalized spacial score (nSPS) is 18.1. The molecule has 0 spiro atoms. The van der Waals surface area contributed by atoms with Crippen LogP contribution in [0, 0.1) is 6.92 Å². The average Bonchev–Trinajstić information content (AvgIpc) is 2.98. The molecule has 0 radical (unpaired) electrons. The predicted molar refractivity (Wildman–Crippen MR) is 95.8 cm³/mol. The van der Waals surface area contributed by atoms with Gasteiger partial charge in [0.25, 0.3) is 0 Å². The van der Waals surface area contributed by atoms with Crippen molar-refractivity contribution < 1.29 is 9.53 Å². The molecule has 1 amide bonds. The lowest BCUT2D eigenvalue weighted by Gasteiger charge is -2.32. The quantitative estimate of drug-likeness (QED) is 0.893. The van der Waals surface area contributed by atoms with Crippen LogP contribution in [0.25, 0.3) is 10.6 Å². The van der Waals surface area contributed by atoms with Crippen molar-refractivity contribution in [2.45, 2.75) is 38.3 Å². The summed E-state index contributed by atoms with van der Waals surface area (Å²) in [5.41, 5.74) is 7.47. The third kappa shape index (κ3) is 3.50. The van der Waals surface area contributed by atoms with Gasteiger partial charge in [-0.05, 0) is 26.7 Å². The van der Waals surface area contributed by atoms with Crippen molar-refractivity contribution in [3.8, 4) is 10.6 Å². The summed E-state index contributed by atoms with van der Waals surface area (Å²) in [6.45, 7) is 5.04. The molecule has 0 saturated carbocycles. The molecular formula is C18H23N3O2S. The molecule has 2 heterocycles. The first kappa shape index (κ1) is 17.1. The Morgan fingerprint density at radius 3 is 2.67 bits per heavy atom. The highest BCUT2D eigenvalue weighted by atomic mass is 32.1. The molecule has 1 unspecified atom stereocenters. The van der Waals surface area contributed by atoms with Gasteiger partial charge in [0, 0.05) is 18.8 Å². The molecule has 1 aliphatic heterocycles. The molecule has 0 bridgehead atoms. The van der Waals surface area contributed by atoms with Crippen LogP contribution >= 0.6 is 11.3 Å². The molecule has 6 heteroatoms. The van der Waals surface area contributed by atoms with Crippen molar-refractivity contribution in [1.82, 2.24) is 10.3 Å². The molecule has 1 atom stereocenters. The Labute approximate surface area is 146 Å². The first-order valence-electron chi connectivity index (χ1n) is 8.20.